The molecular weight excluding hydrogens is 316 g/mol. The van der Waals surface area contributed by atoms with Gasteiger partial charge in [-0.3, -0.25) is 9.59 Å². The van der Waals surface area contributed by atoms with Gasteiger partial charge in [0.25, 0.3) is 0 Å². The van der Waals surface area contributed by atoms with Crippen LogP contribution in [0, 0.1) is 0 Å². The van der Waals surface area contributed by atoms with E-state index in [9.17, 15) is 14.7 Å². The Morgan fingerprint density at radius 3 is 2.64 bits per heavy atom. The van der Waals surface area contributed by atoms with Crippen LogP contribution in [0.4, 0.5) is 0 Å². The predicted octanol–water partition coefficient (Wildman–Crippen LogP) is 3.20. The molecule has 0 heterocycles. The third kappa shape index (κ3) is 2.41. The molecular formula is C21H18O4. The molecule has 1 N–H and O–H groups in total. The van der Waals surface area contributed by atoms with Crippen molar-refractivity contribution in [2.24, 2.45) is 0 Å². The van der Waals surface area contributed by atoms with Gasteiger partial charge in [0.15, 0.2) is 17.2 Å². The van der Waals surface area contributed by atoms with Gasteiger partial charge in [0.05, 0.1) is 0 Å². The van der Waals surface area contributed by atoms with Crippen molar-refractivity contribution >= 4 is 11.6 Å². The average molecular weight is 334 g/mol. The second kappa shape index (κ2) is 5.67. The third-order valence-corrected chi connectivity index (χ3v) is 5.06. The summed E-state index contributed by atoms with van der Waals surface area (Å²) >= 11 is 0. The van der Waals surface area contributed by atoms with E-state index in [0.29, 0.717) is 29.1 Å². The lowest BCUT2D eigenvalue weighted by molar-refractivity contribution is -0.117. The van der Waals surface area contributed by atoms with Crippen LogP contribution in [0.25, 0.3) is 0 Å². The molecule has 0 saturated carbocycles. The van der Waals surface area contributed by atoms with Crippen LogP contribution in [0.5, 0.6) is 5.75 Å². The smallest absolute Gasteiger partial charge is 0.199 e. The summed E-state index contributed by atoms with van der Waals surface area (Å²) in [6.45, 7) is 2.00. The maximum absolute atomic E-state index is 12.8. The van der Waals surface area contributed by atoms with Crippen LogP contribution in [0.1, 0.15) is 40.7 Å². The number of ketones is 2. The number of carbonyl (C=O) groups excluding carboxylic acids is 2. The van der Waals surface area contributed by atoms with Gasteiger partial charge in [-0.25, -0.2) is 0 Å². The standard InChI is InChI=1S/C21H18O4/c1-13-11-21(24)16(10-17(13)22)19-15(20(21)23)8-5-9-18(19)25-12-14-6-3-2-4-7-14/h2-9,11,16,24H,10,12H2,1H3/t16-,21+/m1/s1. The van der Waals surface area contributed by atoms with Crippen molar-refractivity contribution in [1.82, 2.24) is 0 Å². The number of allylic oxidation sites excluding steroid dienone is 1. The molecule has 0 spiro atoms. The van der Waals surface area contributed by atoms with Crippen molar-refractivity contribution < 1.29 is 19.4 Å². The van der Waals surface area contributed by atoms with E-state index in [2.05, 4.69) is 0 Å². The lowest BCUT2D eigenvalue weighted by Crippen LogP contribution is -2.41. The van der Waals surface area contributed by atoms with Crippen LogP contribution < -0.4 is 4.74 Å². The average Bonchev–Trinajstić information content (AvgIpc) is 2.83. The second-order valence-electron chi connectivity index (χ2n) is 6.65. The van der Waals surface area contributed by atoms with E-state index in [-0.39, 0.29) is 18.0 Å². The molecule has 126 valence electrons. The number of hydrogen-bond donors (Lipinski definition) is 1. The summed E-state index contributed by atoms with van der Waals surface area (Å²) in [5.74, 6) is -0.438. The minimum Gasteiger partial charge on any atom is -0.489 e. The van der Waals surface area contributed by atoms with Crippen molar-refractivity contribution in [1.29, 1.82) is 0 Å². The Hall–Kier alpha value is -2.72. The second-order valence-corrected chi connectivity index (χ2v) is 6.65. The zero-order chi connectivity index (χ0) is 17.6. The van der Waals surface area contributed by atoms with E-state index in [1.807, 2.05) is 30.3 Å². The number of hydrogen-bond acceptors (Lipinski definition) is 4. The summed E-state index contributed by atoms with van der Waals surface area (Å²) in [7, 11) is 0. The Kier molecular flexibility index (Phi) is 3.58. The van der Waals surface area contributed by atoms with Gasteiger partial charge >= 0.3 is 0 Å². The number of aliphatic hydroxyl groups is 1. The van der Waals surface area contributed by atoms with Crippen molar-refractivity contribution in [3.8, 4) is 5.75 Å². The SMILES string of the molecule is CC1=C[C@@]2(O)C(=O)c3cccc(OCc4ccccc4)c3[C@H]2CC1=O. The molecule has 2 aromatic rings. The van der Waals surface area contributed by atoms with Crippen LogP contribution >= 0.6 is 0 Å². The van der Waals surface area contributed by atoms with Crippen LogP contribution in [-0.4, -0.2) is 22.3 Å². The Labute approximate surface area is 145 Å². The monoisotopic (exact) mass is 334 g/mol. The van der Waals surface area contributed by atoms with E-state index < -0.39 is 11.5 Å². The highest BCUT2D eigenvalue weighted by Crippen LogP contribution is 2.50. The molecule has 4 heteroatoms. The first-order chi connectivity index (χ1) is 12.0. The Balaban J connectivity index is 1.73. The molecule has 0 unspecified atom stereocenters. The molecule has 0 amide bonds. The number of Topliss-reactive ketones (excluding diaryl/α,β-unsaturated/α-hetero) is 2. The number of ether oxygens (including phenoxy) is 1. The molecule has 25 heavy (non-hydrogen) atoms. The summed E-state index contributed by atoms with van der Waals surface area (Å²) < 4.78 is 5.94. The minimum atomic E-state index is -1.65. The molecule has 0 aliphatic heterocycles. The van der Waals surface area contributed by atoms with Crippen molar-refractivity contribution in [3.63, 3.8) is 0 Å². The van der Waals surface area contributed by atoms with Gasteiger partial charge in [-0.05, 0) is 30.2 Å². The Morgan fingerprint density at radius 1 is 1.12 bits per heavy atom. The van der Waals surface area contributed by atoms with E-state index in [1.165, 1.54) is 6.08 Å². The number of fused-ring (bicyclic) bond motifs is 3. The normalized spacial score (nSPS) is 24.6. The summed E-state index contributed by atoms with van der Waals surface area (Å²) in [6, 6.07) is 14.9. The summed E-state index contributed by atoms with van der Waals surface area (Å²) in [6.07, 6.45) is 1.52. The maximum atomic E-state index is 12.8. The number of rotatable bonds is 3. The van der Waals surface area contributed by atoms with Crippen molar-refractivity contribution in [2.45, 2.75) is 31.5 Å². The quantitative estimate of drug-likeness (QED) is 0.936. The number of benzene rings is 2. The van der Waals surface area contributed by atoms with E-state index in [0.717, 1.165) is 5.56 Å². The highest BCUT2D eigenvalue weighted by Gasteiger charge is 2.54. The largest absolute Gasteiger partial charge is 0.489 e. The molecule has 4 nitrogen and oxygen atoms in total. The molecule has 0 aromatic heterocycles. The van der Waals surface area contributed by atoms with Crippen LogP contribution in [0.15, 0.2) is 60.2 Å². The van der Waals surface area contributed by atoms with Gasteiger partial charge in [0.2, 0.25) is 0 Å². The van der Waals surface area contributed by atoms with Crippen molar-refractivity contribution in [2.75, 3.05) is 0 Å². The zero-order valence-corrected chi connectivity index (χ0v) is 13.9. The molecule has 0 radical (unpaired) electrons. The lowest BCUT2D eigenvalue weighted by Gasteiger charge is -2.30. The lowest BCUT2D eigenvalue weighted by atomic mass is 9.77. The maximum Gasteiger partial charge on any atom is 0.199 e. The molecule has 2 aliphatic rings. The highest BCUT2D eigenvalue weighted by molar-refractivity contribution is 6.13. The molecule has 0 bridgehead atoms. The molecule has 2 atom stereocenters. The van der Waals surface area contributed by atoms with Gasteiger partial charge in [0.1, 0.15) is 12.4 Å². The van der Waals surface area contributed by atoms with Crippen LogP contribution in [0.3, 0.4) is 0 Å². The first-order valence-corrected chi connectivity index (χ1v) is 8.30. The van der Waals surface area contributed by atoms with E-state index >= 15 is 0 Å². The van der Waals surface area contributed by atoms with Gasteiger partial charge in [-0.1, -0.05) is 42.5 Å². The van der Waals surface area contributed by atoms with E-state index in [4.69, 9.17) is 4.74 Å². The Bertz CT molecular complexity index is 897. The van der Waals surface area contributed by atoms with Gasteiger partial charge in [-0.15, -0.1) is 0 Å². The van der Waals surface area contributed by atoms with Crippen LogP contribution in [0.2, 0.25) is 0 Å². The van der Waals surface area contributed by atoms with E-state index in [1.54, 1.807) is 25.1 Å². The summed E-state index contributed by atoms with van der Waals surface area (Å²) in [5, 5.41) is 11.0. The fourth-order valence-corrected chi connectivity index (χ4v) is 3.74. The van der Waals surface area contributed by atoms with Gasteiger partial charge in [0, 0.05) is 23.5 Å². The van der Waals surface area contributed by atoms with Crippen molar-refractivity contribution in [3.05, 3.63) is 76.9 Å². The molecule has 2 aliphatic carbocycles. The first kappa shape index (κ1) is 15.8. The highest BCUT2D eigenvalue weighted by atomic mass is 16.5. The Morgan fingerprint density at radius 2 is 1.88 bits per heavy atom. The fourth-order valence-electron chi connectivity index (χ4n) is 3.74. The number of carbonyl (C=O) groups is 2. The summed E-state index contributed by atoms with van der Waals surface area (Å²) in [4.78, 5) is 24.9. The summed E-state index contributed by atoms with van der Waals surface area (Å²) in [5.41, 5.74) is 0.883. The molecule has 0 saturated heterocycles. The van der Waals surface area contributed by atoms with Crippen LogP contribution in [-0.2, 0) is 11.4 Å². The predicted molar refractivity (Wildman–Crippen MR) is 92.6 cm³/mol. The molecule has 0 fully saturated rings. The van der Waals surface area contributed by atoms with Gasteiger partial charge < -0.3 is 9.84 Å². The first-order valence-electron chi connectivity index (χ1n) is 8.30. The minimum absolute atomic E-state index is 0.0480. The molecule has 2 aromatic carbocycles. The van der Waals surface area contributed by atoms with Gasteiger partial charge in [-0.2, -0.15) is 0 Å². The zero-order valence-electron chi connectivity index (χ0n) is 13.9. The topological polar surface area (TPSA) is 63.6 Å². The molecule has 4 rings (SSSR count). The fraction of sp³-hybridized carbons (Fsp3) is 0.238. The third-order valence-electron chi connectivity index (χ3n) is 5.06.